The highest BCUT2D eigenvalue weighted by Gasteiger charge is 2.20. The highest BCUT2D eigenvalue weighted by molar-refractivity contribution is 7.22. The Morgan fingerprint density at radius 1 is 0.735 bits per heavy atom. The molecular formula is C28H26N2O3S. The van der Waals surface area contributed by atoms with E-state index in [1.807, 2.05) is 6.07 Å². The Kier molecular flexibility index (Phi) is 5.75. The summed E-state index contributed by atoms with van der Waals surface area (Å²) in [7, 11) is 4.86. The first-order valence-electron chi connectivity index (χ1n) is 11.0. The summed E-state index contributed by atoms with van der Waals surface area (Å²) >= 11 is 1.58. The Labute approximate surface area is 203 Å². The average molecular weight is 471 g/mol. The first kappa shape index (κ1) is 22.0. The van der Waals surface area contributed by atoms with E-state index in [2.05, 4.69) is 79.1 Å². The fourth-order valence-electron chi connectivity index (χ4n) is 4.24. The molecule has 0 aliphatic heterocycles. The van der Waals surface area contributed by atoms with Gasteiger partial charge in [0.15, 0.2) is 11.5 Å². The van der Waals surface area contributed by atoms with Gasteiger partial charge in [0, 0.05) is 23.0 Å². The van der Waals surface area contributed by atoms with Crippen LogP contribution >= 0.6 is 11.3 Å². The van der Waals surface area contributed by atoms with Crippen LogP contribution in [0.1, 0.15) is 11.3 Å². The van der Waals surface area contributed by atoms with Gasteiger partial charge < -0.3 is 18.8 Å². The van der Waals surface area contributed by atoms with Crippen molar-refractivity contribution in [1.82, 2.24) is 9.55 Å². The first-order valence-corrected chi connectivity index (χ1v) is 11.8. The van der Waals surface area contributed by atoms with Crippen molar-refractivity contribution >= 4 is 21.6 Å². The quantitative estimate of drug-likeness (QED) is 0.266. The summed E-state index contributed by atoms with van der Waals surface area (Å²) in [6.45, 7) is 4.24. The monoisotopic (exact) mass is 470 g/mol. The van der Waals surface area contributed by atoms with Crippen LogP contribution in [0.2, 0.25) is 0 Å². The van der Waals surface area contributed by atoms with Gasteiger partial charge in [0.25, 0.3) is 0 Å². The highest BCUT2D eigenvalue weighted by Crippen LogP contribution is 2.46. The number of aromatic nitrogens is 2. The maximum atomic E-state index is 5.65. The largest absolute Gasteiger partial charge is 0.493 e. The van der Waals surface area contributed by atoms with Gasteiger partial charge in [-0.1, -0.05) is 29.8 Å². The maximum Gasteiger partial charge on any atom is 0.204 e. The molecule has 172 valence electrons. The zero-order valence-corrected chi connectivity index (χ0v) is 20.7. The third kappa shape index (κ3) is 3.70. The molecule has 5 nitrogen and oxygen atoms in total. The van der Waals surface area contributed by atoms with E-state index >= 15 is 0 Å². The highest BCUT2D eigenvalue weighted by atomic mass is 32.1. The molecule has 0 fully saturated rings. The lowest BCUT2D eigenvalue weighted by atomic mass is 10.1. The minimum atomic E-state index is 0.578. The lowest BCUT2D eigenvalue weighted by Crippen LogP contribution is -1.99. The number of aryl methyl sites for hydroxylation is 2. The van der Waals surface area contributed by atoms with Crippen LogP contribution in [0.3, 0.4) is 0 Å². The van der Waals surface area contributed by atoms with Gasteiger partial charge >= 0.3 is 0 Å². The smallest absolute Gasteiger partial charge is 0.204 e. The number of hydrogen-bond acceptors (Lipinski definition) is 5. The normalized spacial score (nSPS) is 11.1. The molecule has 2 heterocycles. The summed E-state index contributed by atoms with van der Waals surface area (Å²) in [6.07, 6.45) is 0. The fourth-order valence-corrected chi connectivity index (χ4v) is 5.30. The SMILES string of the molecule is COc1cc2nc(-c3ccc(-n4c(C)ccc4-c4ccc(C)cc4)cc3)sc2c(OC)c1OC. The number of nitrogens with zero attached hydrogens (tertiary/aromatic N) is 2. The molecule has 0 amide bonds. The van der Waals surface area contributed by atoms with Gasteiger partial charge in [0.05, 0.1) is 32.5 Å². The van der Waals surface area contributed by atoms with Gasteiger partial charge in [-0.15, -0.1) is 11.3 Å². The Hall–Kier alpha value is -3.77. The van der Waals surface area contributed by atoms with Gasteiger partial charge in [-0.05, 0) is 55.8 Å². The molecule has 6 heteroatoms. The lowest BCUT2D eigenvalue weighted by molar-refractivity contribution is 0.327. The van der Waals surface area contributed by atoms with E-state index in [1.165, 1.54) is 22.5 Å². The standard InChI is InChI=1S/C28H26N2O3S/c1-17-6-9-19(10-7-17)23-15-8-18(2)30(23)21-13-11-20(12-14-21)28-29-22-16-24(31-3)25(32-4)26(33-5)27(22)34-28/h6-16H,1-5H3. The molecule has 0 N–H and O–H groups in total. The number of hydrogen-bond donors (Lipinski definition) is 0. The van der Waals surface area contributed by atoms with E-state index in [-0.39, 0.29) is 0 Å². The predicted octanol–water partition coefficient (Wildman–Crippen LogP) is 7.06. The number of ether oxygens (including phenoxy) is 3. The van der Waals surface area contributed by atoms with Crippen molar-refractivity contribution in [3.63, 3.8) is 0 Å². The van der Waals surface area contributed by atoms with Crippen molar-refractivity contribution in [3.05, 3.63) is 78.0 Å². The maximum absolute atomic E-state index is 5.65. The molecule has 0 radical (unpaired) electrons. The molecule has 5 aromatic rings. The van der Waals surface area contributed by atoms with Crippen molar-refractivity contribution in [2.45, 2.75) is 13.8 Å². The molecule has 5 rings (SSSR count). The van der Waals surface area contributed by atoms with Crippen molar-refractivity contribution in [2.24, 2.45) is 0 Å². The van der Waals surface area contributed by atoms with E-state index in [1.54, 1.807) is 32.7 Å². The van der Waals surface area contributed by atoms with E-state index < -0.39 is 0 Å². The third-order valence-corrected chi connectivity index (χ3v) is 7.10. The molecule has 0 bridgehead atoms. The van der Waals surface area contributed by atoms with Crippen LogP contribution in [0.4, 0.5) is 0 Å². The molecular weight excluding hydrogens is 444 g/mol. The molecule has 0 unspecified atom stereocenters. The fraction of sp³-hybridized carbons (Fsp3) is 0.179. The Bertz CT molecular complexity index is 1460. The van der Waals surface area contributed by atoms with Crippen molar-refractivity contribution < 1.29 is 14.2 Å². The van der Waals surface area contributed by atoms with E-state index in [9.17, 15) is 0 Å². The summed E-state index contributed by atoms with van der Waals surface area (Å²) in [6, 6.07) is 23.4. The van der Waals surface area contributed by atoms with Crippen molar-refractivity contribution in [3.8, 4) is 44.8 Å². The number of thiazole rings is 1. The van der Waals surface area contributed by atoms with Gasteiger partial charge in [-0.25, -0.2) is 4.98 Å². The Morgan fingerprint density at radius 3 is 2.06 bits per heavy atom. The zero-order valence-electron chi connectivity index (χ0n) is 19.9. The Balaban J connectivity index is 1.55. The summed E-state index contributed by atoms with van der Waals surface area (Å²) in [5.41, 5.74) is 7.80. The van der Waals surface area contributed by atoms with Crippen LogP contribution in [-0.4, -0.2) is 30.9 Å². The van der Waals surface area contributed by atoms with Crippen LogP contribution < -0.4 is 14.2 Å². The van der Waals surface area contributed by atoms with Gasteiger partial charge in [0.2, 0.25) is 5.75 Å². The van der Waals surface area contributed by atoms with Gasteiger partial charge in [-0.3, -0.25) is 0 Å². The van der Waals surface area contributed by atoms with Crippen LogP contribution in [0.25, 0.3) is 37.7 Å². The summed E-state index contributed by atoms with van der Waals surface area (Å²) in [5.74, 6) is 1.82. The Morgan fingerprint density at radius 2 is 1.41 bits per heavy atom. The zero-order chi connectivity index (χ0) is 23.8. The molecule has 0 atom stereocenters. The predicted molar refractivity (Wildman–Crippen MR) is 139 cm³/mol. The van der Waals surface area contributed by atoms with Crippen LogP contribution in [0.5, 0.6) is 17.2 Å². The molecule has 3 aromatic carbocycles. The van der Waals surface area contributed by atoms with Crippen LogP contribution in [0.15, 0.2) is 66.7 Å². The minimum absolute atomic E-state index is 0.578. The topological polar surface area (TPSA) is 45.5 Å². The number of benzene rings is 3. The van der Waals surface area contributed by atoms with E-state index in [4.69, 9.17) is 19.2 Å². The number of rotatable bonds is 6. The average Bonchev–Trinajstić information content (AvgIpc) is 3.46. The van der Waals surface area contributed by atoms with Crippen molar-refractivity contribution in [1.29, 1.82) is 0 Å². The second-order valence-electron chi connectivity index (χ2n) is 8.12. The second-order valence-corrected chi connectivity index (χ2v) is 9.12. The third-order valence-electron chi connectivity index (χ3n) is 5.98. The molecule has 0 saturated carbocycles. The van der Waals surface area contributed by atoms with Crippen LogP contribution in [-0.2, 0) is 0 Å². The molecule has 34 heavy (non-hydrogen) atoms. The number of fused-ring (bicyclic) bond motifs is 1. The van der Waals surface area contributed by atoms with Gasteiger partial charge in [0.1, 0.15) is 9.71 Å². The molecule has 0 aliphatic carbocycles. The van der Waals surface area contributed by atoms with E-state index in [0.717, 1.165) is 26.5 Å². The molecule has 0 saturated heterocycles. The molecule has 0 aliphatic rings. The molecule has 0 spiro atoms. The first-order chi connectivity index (χ1) is 16.5. The van der Waals surface area contributed by atoms with Crippen molar-refractivity contribution in [2.75, 3.05) is 21.3 Å². The summed E-state index contributed by atoms with van der Waals surface area (Å²) < 4.78 is 19.9. The second kappa shape index (κ2) is 8.88. The summed E-state index contributed by atoms with van der Waals surface area (Å²) in [4.78, 5) is 4.86. The van der Waals surface area contributed by atoms with Gasteiger partial charge in [-0.2, -0.15) is 0 Å². The van der Waals surface area contributed by atoms with E-state index in [0.29, 0.717) is 17.2 Å². The minimum Gasteiger partial charge on any atom is -0.493 e. The molecule has 2 aromatic heterocycles. The number of methoxy groups -OCH3 is 3. The summed E-state index contributed by atoms with van der Waals surface area (Å²) in [5, 5.41) is 0.915. The lowest BCUT2D eigenvalue weighted by Gasteiger charge is -2.13. The van der Waals surface area contributed by atoms with Crippen LogP contribution in [0, 0.1) is 13.8 Å².